The van der Waals surface area contributed by atoms with Crippen LogP contribution in [0, 0.1) is 6.92 Å². The molecule has 3 rings (SSSR count). The van der Waals surface area contributed by atoms with Crippen LogP contribution in [0.1, 0.15) is 33.7 Å². The summed E-state index contributed by atoms with van der Waals surface area (Å²) in [5.74, 6) is -3.56. The lowest BCUT2D eigenvalue weighted by molar-refractivity contribution is -0.0534. The summed E-state index contributed by atoms with van der Waals surface area (Å²) in [6.45, 7) is 0.0773. The average molecular weight is 633 g/mol. The van der Waals surface area contributed by atoms with E-state index in [0.29, 0.717) is 10.8 Å². The van der Waals surface area contributed by atoms with Gasteiger partial charge >= 0.3 is 28.9 Å². The zero-order valence-electron chi connectivity index (χ0n) is 19.9. The van der Waals surface area contributed by atoms with Gasteiger partial charge in [0.1, 0.15) is 24.1 Å². The molecule has 0 aromatic carbocycles. The SMILES string of the molecule is Cc1ncc(C(O)P(=O)(OC[C@H]2O[C@@H](n3ccc(=O)[nH]c3=O)[C@H](O)[C@@H]2O)OP(=O)(O)OP(=O)(O)O)c(C=O)c1O. The number of pyridine rings is 1. The molecule has 7 atom stereocenters. The average Bonchev–Trinajstić information content (AvgIpc) is 3.10. The van der Waals surface area contributed by atoms with E-state index in [9.17, 15) is 53.4 Å². The number of phosphoric acid groups is 2. The van der Waals surface area contributed by atoms with Crippen molar-refractivity contribution in [3.8, 4) is 5.75 Å². The maximum absolute atomic E-state index is 13.6. The van der Waals surface area contributed by atoms with E-state index in [4.69, 9.17) is 19.0 Å². The van der Waals surface area contributed by atoms with Gasteiger partial charge in [0.25, 0.3) is 5.56 Å². The highest BCUT2D eigenvalue weighted by atomic mass is 31.3. The highest BCUT2D eigenvalue weighted by Gasteiger charge is 2.50. The third-order valence-electron chi connectivity index (χ3n) is 5.31. The Bertz CT molecular complexity index is 1540. The van der Waals surface area contributed by atoms with Crippen LogP contribution in [0.25, 0.3) is 0 Å². The van der Waals surface area contributed by atoms with Crippen LogP contribution in [0.15, 0.2) is 28.0 Å². The molecule has 1 aliphatic heterocycles. The van der Waals surface area contributed by atoms with Crippen molar-refractivity contribution in [2.24, 2.45) is 0 Å². The summed E-state index contributed by atoms with van der Waals surface area (Å²) in [5, 5.41) is 41.6. The van der Waals surface area contributed by atoms with Crippen molar-refractivity contribution in [1.29, 1.82) is 0 Å². The summed E-state index contributed by atoms with van der Waals surface area (Å²) in [4.78, 5) is 67.9. The number of ether oxygens (including phenoxy) is 1. The van der Waals surface area contributed by atoms with Crippen molar-refractivity contribution >= 4 is 29.5 Å². The maximum Gasteiger partial charge on any atom is 0.488 e. The Morgan fingerprint density at radius 1 is 1.18 bits per heavy atom. The lowest BCUT2D eigenvalue weighted by atomic mass is 10.1. The number of aryl methyl sites for hydroxylation is 1. The molecular weight excluding hydrogens is 611 g/mol. The minimum Gasteiger partial charge on any atom is -0.505 e. The number of hydrogen-bond donors (Lipinski definition) is 8. The normalized spacial score (nSPS) is 25.2. The summed E-state index contributed by atoms with van der Waals surface area (Å²) in [5.41, 5.74) is -3.49. The summed E-state index contributed by atoms with van der Waals surface area (Å²) in [6, 6.07) is 0.890. The first-order chi connectivity index (χ1) is 18.4. The Balaban J connectivity index is 1.96. The first-order valence-corrected chi connectivity index (χ1v) is 15.2. The summed E-state index contributed by atoms with van der Waals surface area (Å²) >= 11 is 0. The molecule has 0 spiro atoms. The number of carbonyl (C=O) groups is 1. The second-order valence-electron chi connectivity index (χ2n) is 8.07. The van der Waals surface area contributed by atoms with Gasteiger partial charge < -0.3 is 44.4 Å². The number of nitrogens with zero attached hydrogens (tertiary/aromatic N) is 2. The van der Waals surface area contributed by atoms with Crippen LogP contribution < -0.4 is 11.2 Å². The fourth-order valence-electron chi connectivity index (χ4n) is 3.46. The number of rotatable bonds is 11. The molecule has 222 valence electrons. The molecule has 3 heterocycles. The number of hydrogen-bond acceptors (Lipinski definition) is 15. The zero-order valence-corrected chi connectivity index (χ0v) is 22.5. The van der Waals surface area contributed by atoms with Crippen molar-refractivity contribution < 1.29 is 71.5 Å². The van der Waals surface area contributed by atoms with Gasteiger partial charge in [-0.2, -0.15) is 4.31 Å². The van der Waals surface area contributed by atoms with E-state index < -0.39 is 88.4 Å². The van der Waals surface area contributed by atoms with Gasteiger partial charge in [0.2, 0.25) is 0 Å². The Hall–Kier alpha value is -2.41. The largest absolute Gasteiger partial charge is 0.505 e. The van der Waals surface area contributed by atoms with E-state index in [2.05, 4.69) is 13.6 Å². The molecule has 0 bridgehead atoms. The molecule has 1 saturated heterocycles. The number of aliphatic hydroxyl groups is 3. The van der Waals surface area contributed by atoms with Crippen LogP contribution in [-0.2, 0) is 31.6 Å². The van der Waals surface area contributed by atoms with Crippen LogP contribution in [0.5, 0.6) is 5.75 Å². The molecule has 3 unspecified atom stereocenters. The molecule has 0 radical (unpaired) electrons. The molecule has 0 amide bonds. The molecule has 2 aromatic heterocycles. The molecule has 0 aliphatic carbocycles. The van der Waals surface area contributed by atoms with Gasteiger partial charge in [-0.3, -0.25) is 28.7 Å². The van der Waals surface area contributed by atoms with Gasteiger partial charge in [-0.15, -0.1) is 0 Å². The highest BCUT2D eigenvalue weighted by Crippen LogP contribution is 2.72. The van der Waals surface area contributed by atoms with Crippen LogP contribution in [-0.4, -0.2) is 80.8 Å². The molecule has 1 aliphatic rings. The van der Waals surface area contributed by atoms with Gasteiger partial charge in [0.15, 0.2) is 18.4 Å². The van der Waals surface area contributed by atoms with E-state index in [-0.39, 0.29) is 12.0 Å². The number of H-pyrrole nitrogens is 1. The van der Waals surface area contributed by atoms with Crippen molar-refractivity contribution in [2.45, 2.75) is 37.3 Å². The second-order valence-corrected chi connectivity index (χ2v) is 13.1. The van der Waals surface area contributed by atoms with E-state index in [0.717, 1.165) is 12.3 Å². The van der Waals surface area contributed by atoms with E-state index in [1.54, 1.807) is 0 Å². The maximum atomic E-state index is 13.6. The molecular formula is C17H22N3O17P3. The van der Waals surface area contributed by atoms with E-state index in [1.807, 2.05) is 4.98 Å². The molecule has 40 heavy (non-hydrogen) atoms. The number of aromatic hydroxyl groups is 1. The lowest BCUT2D eigenvalue weighted by Gasteiger charge is -2.27. The lowest BCUT2D eigenvalue weighted by Crippen LogP contribution is -2.37. The van der Waals surface area contributed by atoms with Crippen molar-refractivity contribution in [2.75, 3.05) is 6.61 Å². The predicted molar refractivity (Wildman–Crippen MR) is 126 cm³/mol. The first-order valence-electron chi connectivity index (χ1n) is 10.6. The summed E-state index contributed by atoms with van der Waals surface area (Å²) in [6.07, 6.45) is -5.55. The van der Waals surface area contributed by atoms with Gasteiger partial charge in [0, 0.05) is 24.0 Å². The fourth-order valence-corrected chi connectivity index (χ4v) is 7.66. The monoisotopic (exact) mass is 633 g/mol. The van der Waals surface area contributed by atoms with Crippen LogP contribution in [0.4, 0.5) is 0 Å². The minimum atomic E-state index is -6.03. The van der Waals surface area contributed by atoms with Gasteiger partial charge in [-0.05, 0) is 6.92 Å². The number of nitrogens with one attached hydrogen (secondary N) is 1. The Labute approximate surface area is 221 Å². The van der Waals surface area contributed by atoms with Crippen LogP contribution in [0.2, 0.25) is 0 Å². The van der Waals surface area contributed by atoms with Crippen molar-refractivity contribution in [1.82, 2.24) is 14.5 Å². The smallest absolute Gasteiger partial charge is 0.488 e. The van der Waals surface area contributed by atoms with Gasteiger partial charge in [0.05, 0.1) is 17.9 Å². The van der Waals surface area contributed by atoms with Gasteiger partial charge in [-0.25, -0.2) is 18.2 Å². The van der Waals surface area contributed by atoms with Crippen LogP contribution in [0.3, 0.4) is 0 Å². The minimum absolute atomic E-state index is 0.00962. The van der Waals surface area contributed by atoms with E-state index in [1.165, 1.54) is 6.92 Å². The number of aromatic amines is 1. The number of carbonyl (C=O) groups excluding carboxylic acids is 1. The Kier molecular flexibility index (Phi) is 9.50. The molecule has 20 nitrogen and oxygen atoms in total. The van der Waals surface area contributed by atoms with Crippen LogP contribution >= 0.6 is 23.2 Å². The Morgan fingerprint density at radius 2 is 1.82 bits per heavy atom. The molecule has 2 aromatic rings. The predicted octanol–water partition coefficient (Wildman–Crippen LogP) is -1.50. The molecule has 23 heteroatoms. The summed E-state index contributed by atoms with van der Waals surface area (Å²) < 4.78 is 55.7. The second kappa shape index (κ2) is 11.8. The van der Waals surface area contributed by atoms with Crippen molar-refractivity contribution in [3.63, 3.8) is 0 Å². The standard InChI is InChI=1S/C17H22N3O17P3/c1-7-12(23)9(5-21)8(4-18-7)16(26)38(28,36-40(32,33)37-39(29,30)31)34-6-10-13(24)14(25)15(35-10)20-3-2-11(22)19-17(20)27/h2-5,10,13-16,23-26H,6H2,1H3,(H,32,33)(H,19,22,27)(H2,29,30,31)/t10-,13-,14-,15-,16?,38?/m1/s1. The molecule has 1 fully saturated rings. The van der Waals surface area contributed by atoms with Gasteiger partial charge in [-0.1, -0.05) is 0 Å². The summed E-state index contributed by atoms with van der Waals surface area (Å²) in [7, 11) is -17.4. The molecule has 8 N–H and O–H groups in total. The molecule has 0 saturated carbocycles. The topological polar surface area (TPSA) is 315 Å². The van der Waals surface area contributed by atoms with E-state index >= 15 is 0 Å². The third kappa shape index (κ3) is 7.07. The number of aliphatic hydroxyl groups excluding tert-OH is 3. The first kappa shape index (κ1) is 32.1. The zero-order chi connectivity index (χ0) is 30.2. The number of aromatic nitrogens is 3. The number of aldehydes is 1. The quantitative estimate of drug-likeness (QED) is 0.103. The third-order valence-corrected chi connectivity index (χ3v) is 10.1. The fraction of sp³-hybridized carbons (Fsp3) is 0.412. The Morgan fingerprint density at radius 3 is 2.40 bits per heavy atom. The highest BCUT2D eigenvalue weighted by molar-refractivity contribution is 7.68. The van der Waals surface area contributed by atoms with Crippen molar-refractivity contribution in [3.05, 3.63) is 56.1 Å².